The molecule has 0 aromatic carbocycles. The lowest BCUT2D eigenvalue weighted by Crippen LogP contribution is -2.59. The van der Waals surface area contributed by atoms with Gasteiger partial charge in [0.15, 0.2) is 0 Å². The molecule has 3 amide bonds. The Morgan fingerprint density at radius 3 is 2.71 bits per heavy atom. The van der Waals surface area contributed by atoms with Crippen LogP contribution >= 0.6 is 0 Å². The minimum atomic E-state index is -0.476. The number of carbonyl (C=O) groups excluding carboxylic acids is 3. The summed E-state index contributed by atoms with van der Waals surface area (Å²) in [5, 5.41) is 5.24. The van der Waals surface area contributed by atoms with Gasteiger partial charge in [-0.25, -0.2) is 0 Å². The number of nitrogens with zero attached hydrogens (tertiary/aromatic N) is 1. The van der Waals surface area contributed by atoms with Crippen LogP contribution in [0.3, 0.4) is 0 Å². The largest absolute Gasteiger partial charge is 0.329 e. The van der Waals surface area contributed by atoms with Gasteiger partial charge in [0, 0.05) is 13.0 Å². The summed E-state index contributed by atoms with van der Waals surface area (Å²) < 4.78 is 0. The number of amides is 3. The molecule has 0 saturated carbocycles. The van der Waals surface area contributed by atoms with Crippen molar-refractivity contribution in [3.63, 3.8) is 0 Å². The van der Waals surface area contributed by atoms with Gasteiger partial charge in [0.1, 0.15) is 6.04 Å². The van der Waals surface area contributed by atoms with Gasteiger partial charge in [-0.1, -0.05) is 0 Å². The molecule has 94 valence electrons. The topological polar surface area (TPSA) is 78.5 Å². The van der Waals surface area contributed by atoms with Gasteiger partial charge in [-0.2, -0.15) is 0 Å². The fraction of sp³-hybridized carbons (Fsp3) is 0.727. The second-order valence-corrected chi connectivity index (χ2v) is 4.48. The molecule has 2 aliphatic heterocycles. The summed E-state index contributed by atoms with van der Waals surface area (Å²) in [5.41, 5.74) is 0. The highest BCUT2D eigenvalue weighted by atomic mass is 16.2. The Balaban J connectivity index is 2.08. The van der Waals surface area contributed by atoms with Gasteiger partial charge in [0.25, 0.3) is 0 Å². The van der Waals surface area contributed by atoms with Crippen molar-refractivity contribution >= 4 is 17.7 Å². The number of piperidine rings is 2. The summed E-state index contributed by atoms with van der Waals surface area (Å²) in [6.45, 7) is 0.600. The molecule has 0 aromatic rings. The van der Waals surface area contributed by atoms with Crippen LogP contribution in [-0.4, -0.2) is 48.3 Å². The number of rotatable bonds is 2. The lowest BCUT2D eigenvalue weighted by molar-refractivity contribution is -0.148. The van der Waals surface area contributed by atoms with Gasteiger partial charge in [-0.3, -0.25) is 19.7 Å². The van der Waals surface area contributed by atoms with Crippen LogP contribution in [0.1, 0.15) is 25.7 Å². The maximum Gasteiger partial charge on any atom is 0.249 e. The van der Waals surface area contributed by atoms with Crippen LogP contribution in [0.2, 0.25) is 0 Å². The lowest BCUT2D eigenvalue weighted by Gasteiger charge is -2.38. The van der Waals surface area contributed by atoms with Gasteiger partial charge in [0.2, 0.25) is 17.7 Å². The van der Waals surface area contributed by atoms with E-state index in [1.807, 2.05) is 0 Å². The average Bonchev–Trinajstić information content (AvgIpc) is 2.30. The van der Waals surface area contributed by atoms with Crippen molar-refractivity contribution in [3.8, 4) is 0 Å². The number of likely N-dealkylation sites (N-methyl/N-ethyl adjacent to an activating group) is 1. The SMILES string of the molecule is CNC1CCCN(C2CCC(=O)NC2=O)C1=O. The Labute approximate surface area is 99.7 Å². The quantitative estimate of drug-likeness (QED) is 0.606. The summed E-state index contributed by atoms with van der Waals surface area (Å²) >= 11 is 0. The predicted octanol–water partition coefficient (Wildman–Crippen LogP) is -0.998. The van der Waals surface area contributed by atoms with Gasteiger partial charge in [-0.05, 0) is 26.3 Å². The summed E-state index contributed by atoms with van der Waals surface area (Å²) in [6.07, 6.45) is 2.44. The molecule has 2 unspecified atom stereocenters. The van der Waals surface area contributed by atoms with Crippen LogP contribution in [0.4, 0.5) is 0 Å². The maximum atomic E-state index is 12.1. The van der Waals surface area contributed by atoms with E-state index in [-0.39, 0.29) is 23.8 Å². The van der Waals surface area contributed by atoms with E-state index in [9.17, 15) is 14.4 Å². The zero-order valence-electron chi connectivity index (χ0n) is 9.86. The third-order valence-electron chi connectivity index (χ3n) is 3.41. The lowest BCUT2D eigenvalue weighted by atomic mass is 9.98. The van der Waals surface area contributed by atoms with E-state index < -0.39 is 6.04 Å². The van der Waals surface area contributed by atoms with Gasteiger partial charge in [0.05, 0.1) is 6.04 Å². The minimum absolute atomic E-state index is 0.0340. The molecule has 2 N–H and O–H groups in total. The number of imide groups is 1. The Hall–Kier alpha value is -1.43. The van der Waals surface area contributed by atoms with E-state index in [1.54, 1.807) is 11.9 Å². The molecule has 6 nitrogen and oxygen atoms in total. The highest BCUT2D eigenvalue weighted by Gasteiger charge is 2.38. The van der Waals surface area contributed by atoms with Crippen LogP contribution in [0, 0.1) is 0 Å². The maximum absolute atomic E-state index is 12.1. The smallest absolute Gasteiger partial charge is 0.249 e. The fourth-order valence-electron chi connectivity index (χ4n) is 2.46. The van der Waals surface area contributed by atoms with Crippen LogP contribution < -0.4 is 10.6 Å². The van der Waals surface area contributed by atoms with Crippen LogP contribution in [0.15, 0.2) is 0 Å². The molecule has 0 bridgehead atoms. The molecule has 0 radical (unpaired) electrons. The number of hydrogen-bond acceptors (Lipinski definition) is 4. The molecule has 2 fully saturated rings. The van der Waals surface area contributed by atoms with E-state index in [4.69, 9.17) is 0 Å². The van der Waals surface area contributed by atoms with Gasteiger partial charge >= 0.3 is 0 Å². The first-order valence-corrected chi connectivity index (χ1v) is 5.95. The molecule has 17 heavy (non-hydrogen) atoms. The van der Waals surface area contributed by atoms with Gasteiger partial charge < -0.3 is 10.2 Å². The molecule has 0 spiro atoms. The third kappa shape index (κ3) is 2.31. The van der Waals surface area contributed by atoms with Crippen LogP contribution in [0.5, 0.6) is 0 Å². The molecule has 2 atom stereocenters. The van der Waals surface area contributed by atoms with Crippen molar-refractivity contribution in [2.75, 3.05) is 13.6 Å². The second kappa shape index (κ2) is 4.83. The van der Waals surface area contributed by atoms with E-state index in [0.717, 1.165) is 12.8 Å². The summed E-state index contributed by atoms with van der Waals surface area (Å²) in [7, 11) is 1.75. The van der Waals surface area contributed by atoms with Crippen LogP contribution in [-0.2, 0) is 14.4 Å². The zero-order valence-corrected chi connectivity index (χ0v) is 9.86. The van der Waals surface area contributed by atoms with E-state index >= 15 is 0 Å². The van der Waals surface area contributed by atoms with Crippen molar-refractivity contribution in [2.24, 2.45) is 0 Å². The first kappa shape index (κ1) is 12.0. The molecule has 0 aliphatic carbocycles. The van der Waals surface area contributed by atoms with Crippen molar-refractivity contribution in [2.45, 2.75) is 37.8 Å². The first-order valence-electron chi connectivity index (χ1n) is 5.95. The molecule has 6 heteroatoms. The Bertz CT molecular complexity index is 356. The highest BCUT2D eigenvalue weighted by molar-refractivity contribution is 6.02. The number of nitrogens with one attached hydrogen (secondary N) is 2. The molecular weight excluding hydrogens is 222 g/mol. The Kier molecular flexibility index (Phi) is 3.42. The van der Waals surface area contributed by atoms with Crippen molar-refractivity contribution in [1.29, 1.82) is 0 Å². The number of carbonyl (C=O) groups is 3. The summed E-state index contributed by atoms with van der Waals surface area (Å²) in [5.74, 6) is -0.625. The monoisotopic (exact) mass is 239 g/mol. The fourth-order valence-corrected chi connectivity index (χ4v) is 2.46. The molecule has 2 heterocycles. The standard InChI is InChI=1S/C11H17N3O3/c1-12-7-3-2-6-14(11(7)17)8-4-5-9(15)13-10(8)16/h7-8,12H,2-6H2,1H3,(H,13,15,16). The molecule has 2 rings (SSSR count). The van der Waals surface area contributed by atoms with Gasteiger partial charge in [-0.15, -0.1) is 0 Å². The third-order valence-corrected chi connectivity index (χ3v) is 3.41. The van der Waals surface area contributed by atoms with E-state index in [2.05, 4.69) is 10.6 Å². The van der Waals surface area contributed by atoms with E-state index in [0.29, 0.717) is 19.4 Å². The number of hydrogen-bond donors (Lipinski definition) is 2. The van der Waals surface area contributed by atoms with Crippen molar-refractivity contribution in [3.05, 3.63) is 0 Å². The summed E-state index contributed by atoms with van der Waals surface area (Å²) in [6, 6.07) is -0.675. The Morgan fingerprint density at radius 1 is 1.29 bits per heavy atom. The average molecular weight is 239 g/mol. The summed E-state index contributed by atoms with van der Waals surface area (Å²) in [4.78, 5) is 36.4. The minimum Gasteiger partial charge on any atom is -0.329 e. The zero-order chi connectivity index (χ0) is 12.4. The van der Waals surface area contributed by atoms with E-state index in [1.165, 1.54) is 0 Å². The van der Waals surface area contributed by atoms with Crippen molar-refractivity contribution < 1.29 is 14.4 Å². The molecular formula is C11H17N3O3. The van der Waals surface area contributed by atoms with Crippen molar-refractivity contribution in [1.82, 2.24) is 15.5 Å². The Morgan fingerprint density at radius 2 is 2.06 bits per heavy atom. The normalized spacial score (nSPS) is 30.4. The second-order valence-electron chi connectivity index (χ2n) is 4.48. The highest BCUT2D eigenvalue weighted by Crippen LogP contribution is 2.19. The predicted molar refractivity (Wildman–Crippen MR) is 60.0 cm³/mol. The van der Waals surface area contributed by atoms with Crippen LogP contribution in [0.25, 0.3) is 0 Å². The number of likely N-dealkylation sites (tertiary alicyclic amines) is 1. The molecule has 0 aromatic heterocycles. The molecule has 2 aliphatic rings. The first-order chi connectivity index (χ1) is 8.13. The molecule has 2 saturated heterocycles.